The number of ether oxygens (including phenoxy) is 2. The first kappa shape index (κ1) is 6.37. The Balaban J connectivity index is 1.95. The van der Waals surface area contributed by atoms with Crippen LogP contribution < -0.4 is 0 Å². The normalized spacial score (nSPS) is 66.0. The van der Waals surface area contributed by atoms with Crippen LogP contribution in [0.2, 0.25) is 0 Å². The van der Waals surface area contributed by atoms with Gasteiger partial charge in [-0.1, -0.05) is 0 Å². The Morgan fingerprint density at radius 2 is 1.82 bits per heavy atom. The highest BCUT2D eigenvalue weighted by molar-refractivity contribution is 5.09. The third-order valence-electron chi connectivity index (χ3n) is 2.86. The molecular formula is C7H10O4. The van der Waals surface area contributed by atoms with Crippen LogP contribution in [-0.4, -0.2) is 46.8 Å². The van der Waals surface area contributed by atoms with Crippen molar-refractivity contribution in [2.24, 2.45) is 0 Å². The molecule has 0 amide bonds. The van der Waals surface area contributed by atoms with Gasteiger partial charge in [-0.3, -0.25) is 0 Å². The Morgan fingerprint density at radius 3 is 2.64 bits per heavy atom. The number of aliphatic hydroxyl groups excluding tert-OH is 2. The molecular weight excluding hydrogens is 148 g/mol. The van der Waals surface area contributed by atoms with Crippen LogP contribution in [0.25, 0.3) is 0 Å². The zero-order chi connectivity index (χ0) is 7.59. The van der Waals surface area contributed by atoms with Gasteiger partial charge < -0.3 is 19.7 Å². The fourth-order valence-corrected chi connectivity index (χ4v) is 2.25. The van der Waals surface area contributed by atoms with Gasteiger partial charge in [-0.15, -0.1) is 0 Å². The van der Waals surface area contributed by atoms with Crippen LogP contribution in [0.4, 0.5) is 0 Å². The van der Waals surface area contributed by atoms with Crippen molar-refractivity contribution in [2.75, 3.05) is 0 Å². The average Bonchev–Trinajstić information content (AvgIpc) is 2.05. The molecule has 11 heavy (non-hydrogen) atoms. The Morgan fingerprint density at radius 1 is 1.00 bits per heavy atom. The lowest BCUT2D eigenvalue weighted by atomic mass is 9.99. The van der Waals surface area contributed by atoms with Crippen LogP contribution in [0.15, 0.2) is 0 Å². The molecule has 0 aromatic carbocycles. The van der Waals surface area contributed by atoms with Crippen LogP contribution in [0.3, 0.4) is 0 Å². The van der Waals surface area contributed by atoms with E-state index in [-0.39, 0.29) is 18.3 Å². The topological polar surface area (TPSA) is 58.9 Å². The fourth-order valence-electron chi connectivity index (χ4n) is 2.25. The molecule has 3 heterocycles. The van der Waals surface area contributed by atoms with Gasteiger partial charge in [0.2, 0.25) is 0 Å². The summed E-state index contributed by atoms with van der Waals surface area (Å²) >= 11 is 0. The zero-order valence-corrected chi connectivity index (χ0v) is 5.88. The van der Waals surface area contributed by atoms with Gasteiger partial charge in [0, 0.05) is 6.42 Å². The summed E-state index contributed by atoms with van der Waals surface area (Å²) in [6.07, 6.45) is -1.02. The number of hydrogen-bond acceptors (Lipinski definition) is 4. The van der Waals surface area contributed by atoms with E-state index in [0.717, 1.165) is 0 Å². The molecule has 2 N–H and O–H groups in total. The van der Waals surface area contributed by atoms with Gasteiger partial charge in [0.15, 0.2) is 0 Å². The summed E-state index contributed by atoms with van der Waals surface area (Å²) in [4.78, 5) is 0. The lowest BCUT2D eigenvalue weighted by Crippen LogP contribution is -2.55. The third-order valence-corrected chi connectivity index (χ3v) is 2.86. The van der Waals surface area contributed by atoms with Crippen molar-refractivity contribution in [3.63, 3.8) is 0 Å². The average molecular weight is 158 g/mol. The van der Waals surface area contributed by atoms with Crippen molar-refractivity contribution in [1.82, 2.24) is 0 Å². The molecule has 0 aliphatic carbocycles. The van der Waals surface area contributed by atoms with Gasteiger partial charge in [0.25, 0.3) is 0 Å². The second kappa shape index (κ2) is 1.77. The molecule has 4 heteroatoms. The molecule has 0 saturated carbocycles. The highest BCUT2D eigenvalue weighted by Crippen LogP contribution is 2.44. The van der Waals surface area contributed by atoms with E-state index >= 15 is 0 Å². The minimum atomic E-state index is -0.617. The van der Waals surface area contributed by atoms with Crippen LogP contribution in [0.5, 0.6) is 0 Å². The second-order valence-corrected chi connectivity index (χ2v) is 3.50. The molecule has 4 nitrogen and oxygen atoms in total. The number of rotatable bonds is 0. The molecule has 6 atom stereocenters. The lowest BCUT2D eigenvalue weighted by molar-refractivity contribution is -0.242. The smallest absolute Gasteiger partial charge is 0.115 e. The monoisotopic (exact) mass is 158 g/mol. The summed E-state index contributed by atoms with van der Waals surface area (Å²) < 4.78 is 10.7. The highest BCUT2D eigenvalue weighted by atomic mass is 16.6. The van der Waals surface area contributed by atoms with Crippen molar-refractivity contribution < 1.29 is 19.7 Å². The lowest BCUT2D eigenvalue weighted by Gasteiger charge is -2.41. The number of aliphatic hydroxyl groups is 2. The Kier molecular flexibility index (Phi) is 1.02. The molecule has 3 aliphatic heterocycles. The molecule has 3 fully saturated rings. The minimum absolute atomic E-state index is 0.0309. The van der Waals surface area contributed by atoms with Crippen LogP contribution in [0.1, 0.15) is 6.42 Å². The first-order valence-electron chi connectivity index (χ1n) is 3.94. The summed E-state index contributed by atoms with van der Waals surface area (Å²) in [7, 11) is 0. The van der Waals surface area contributed by atoms with Gasteiger partial charge in [-0.05, 0) is 0 Å². The first-order valence-corrected chi connectivity index (χ1v) is 3.94. The van der Waals surface area contributed by atoms with E-state index in [1.165, 1.54) is 0 Å². The van der Waals surface area contributed by atoms with Crippen molar-refractivity contribution in [1.29, 1.82) is 0 Å². The summed E-state index contributed by atoms with van der Waals surface area (Å²) in [6, 6.07) is 0. The molecule has 2 bridgehead atoms. The summed E-state index contributed by atoms with van der Waals surface area (Å²) in [6.45, 7) is 0. The molecule has 3 saturated heterocycles. The summed E-state index contributed by atoms with van der Waals surface area (Å²) in [5.74, 6) is 0. The molecule has 6 unspecified atom stereocenters. The Hall–Kier alpha value is -0.160. The minimum Gasteiger partial charge on any atom is -0.390 e. The number of hydrogen-bond donors (Lipinski definition) is 2. The van der Waals surface area contributed by atoms with E-state index in [1.54, 1.807) is 0 Å². The molecule has 0 aromatic heterocycles. The third kappa shape index (κ3) is 0.597. The van der Waals surface area contributed by atoms with E-state index in [1.807, 2.05) is 0 Å². The standard InChI is InChI=1S/C7H10O4/c8-2-1-3-6-7(10-3)4(9)5(2)11-6/h2-9H,1H2. The van der Waals surface area contributed by atoms with Crippen LogP contribution in [0, 0.1) is 0 Å². The fraction of sp³-hybridized carbons (Fsp3) is 1.00. The summed E-state index contributed by atoms with van der Waals surface area (Å²) in [5.41, 5.74) is 0. The Bertz CT molecular complexity index is 195. The zero-order valence-electron chi connectivity index (χ0n) is 5.88. The van der Waals surface area contributed by atoms with Crippen molar-refractivity contribution in [3.8, 4) is 0 Å². The van der Waals surface area contributed by atoms with E-state index in [0.29, 0.717) is 6.42 Å². The van der Waals surface area contributed by atoms with Gasteiger partial charge >= 0.3 is 0 Å². The maximum Gasteiger partial charge on any atom is 0.115 e. The van der Waals surface area contributed by atoms with E-state index < -0.39 is 18.3 Å². The van der Waals surface area contributed by atoms with E-state index in [2.05, 4.69) is 0 Å². The predicted octanol–water partition coefficient (Wildman–Crippen LogP) is -1.35. The quantitative estimate of drug-likeness (QED) is 0.457. The van der Waals surface area contributed by atoms with Crippen molar-refractivity contribution in [3.05, 3.63) is 0 Å². The Labute approximate surface area is 63.7 Å². The number of fused-ring (bicyclic) bond motifs is 1. The molecule has 3 aliphatic rings. The first-order chi connectivity index (χ1) is 5.27. The maximum absolute atomic E-state index is 9.47. The SMILES string of the molecule is OC1CC2OC3C(O)C1OC23. The summed E-state index contributed by atoms with van der Waals surface area (Å²) in [5, 5.41) is 18.9. The molecule has 0 aromatic rings. The van der Waals surface area contributed by atoms with Crippen molar-refractivity contribution in [2.45, 2.75) is 43.0 Å². The van der Waals surface area contributed by atoms with Crippen LogP contribution in [-0.2, 0) is 9.47 Å². The second-order valence-electron chi connectivity index (χ2n) is 3.50. The van der Waals surface area contributed by atoms with E-state index in [9.17, 15) is 10.2 Å². The molecule has 0 spiro atoms. The van der Waals surface area contributed by atoms with E-state index in [4.69, 9.17) is 9.47 Å². The van der Waals surface area contributed by atoms with Crippen LogP contribution >= 0.6 is 0 Å². The predicted molar refractivity (Wildman–Crippen MR) is 34.0 cm³/mol. The molecule has 3 rings (SSSR count). The van der Waals surface area contributed by atoms with Crippen molar-refractivity contribution >= 4 is 0 Å². The maximum atomic E-state index is 9.47. The van der Waals surface area contributed by atoms with Gasteiger partial charge in [0.05, 0.1) is 12.2 Å². The molecule has 62 valence electrons. The van der Waals surface area contributed by atoms with Gasteiger partial charge in [-0.25, -0.2) is 0 Å². The molecule has 0 radical (unpaired) electrons. The largest absolute Gasteiger partial charge is 0.390 e. The highest BCUT2D eigenvalue weighted by Gasteiger charge is 2.62. The van der Waals surface area contributed by atoms with Gasteiger partial charge in [-0.2, -0.15) is 0 Å². The van der Waals surface area contributed by atoms with Gasteiger partial charge in [0.1, 0.15) is 24.4 Å².